The van der Waals surface area contributed by atoms with Crippen LogP contribution in [0.5, 0.6) is 5.88 Å². The molecule has 1 aromatic heterocycles. The van der Waals surface area contributed by atoms with E-state index in [0.717, 1.165) is 6.07 Å². The van der Waals surface area contributed by atoms with Gasteiger partial charge in [-0.25, -0.2) is 22.8 Å². The van der Waals surface area contributed by atoms with Crippen LogP contribution in [0.25, 0.3) is 11.0 Å². The van der Waals surface area contributed by atoms with Crippen LogP contribution in [-0.2, 0) is 10.0 Å². The molecule has 0 saturated carbocycles. The molecule has 2 aromatic carbocycles. The summed E-state index contributed by atoms with van der Waals surface area (Å²) in [6.07, 6.45) is 1.83. The highest BCUT2D eigenvalue weighted by Crippen LogP contribution is 2.31. The van der Waals surface area contributed by atoms with E-state index < -0.39 is 27.2 Å². The lowest BCUT2D eigenvalue weighted by atomic mass is 10.0. The van der Waals surface area contributed by atoms with Gasteiger partial charge in [0.15, 0.2) is 5.78 Å². The van der Waals surface area contributed by atoms with Crippen molar-refractivity contribution >= 4 is 44.1 Å². The third-order valence-electron chi connectivity index (χ3n) is 4.05. The highest BCUT2D eigenvalue weighted by Gasteiger charge is 2.23. The summed E-state index contributed by atoms with van der Waals surface area (Å²) < 4.78 is 45.8. The van der Waals surface area contributed by atoms with Gasteiger partial charge < -0.3 is 4.74 Å². The van der Waals surface area contributed by atoms with Crippen LogP contribution < -0.4 is 9.46 Å². The maximum atomic E-state index is 14.4. The van der Waals surface area contributed by atoms with Crippen LogP contribution in [0.1, 0.15) is 29.3 Å². The van der Waals surface area contributed by atoms with Gasteiger partial charge in [0.1, 0.15) is 5.82 Å². The molecule has 0 spiro atoms. The normalized spacial score (nSPS) is 11.4. The van der Waals surface area contributed by atoms with Crippen LogP contribution in [0, 0.1) is 5.82 Å². The van der Waals surface area contributed by atoms with E-state index in [-0.39, 0.29) is 27.9 Å². The van der Waals surface area contributed by atoms with Gasteiger partial charge in [0.05, 0.1) is 46.4 Å². The van der Waals surface area contributed by atoms with E-state index in [4.69, 9.17) is 16.3 Å². The third kappa shape index (κ3) is 4.46. The zero-order valence-corrected chi connectivity index (χ0v) is 17.1. The minimum Gasteiger partial charge on any atom is -0.480 e. The Bertz CT molecular complexity index is 1200. The molecule has 0 aliphatic carbocycles. The summed E-state index contributed by atoms with van der Waals surface area (Å²) in [6, 6.07) is 6.65. The van der Waals surface area contributed by atoms with Crippen molar-refractivity contribution < 1.29 is 22.3 Å². The maximum absolute atomic E-state index is 14.4. The van der Waals surface area contributed by atoms with E-state index in [2.05, 4.69) is 14.7 Å². The first kappa shape index (κ1) is 20.9. The number of hydrogen-bond donors (Lipinski definition) is 1. The number of carbonyl (C=O) groups is 1. The fourth-order valence-electron chi connectivity index (χ4n) is 2.71. The quantitative estimate of drug-likeness (QED) is 0.564. The van der Waals surface area contributed by atoms with Crippen LogP contribution in [0.2, 0.25) is 5.02 Å². The van der Waals surface area contributed by atoms with Crippen molar-refractivity contribution in [2.75, 3.05) is 17.6 Å². The molecular formula is C19H17ClFN3O4S. The van der Waals surface area contributed by atoms with Gasteiger partial charge in [-0.2, -0.15) is 0 Å². The Hall–Kier alpha value is -2.78. The smallest absolute Gasteiger partial charge is 0.232 e. The van der Waals surface area contributed by atoms with Gasteiger partial charge in [-0.05, 0) is 36.8 Å². The molecule has 0 atom stereocenters. The van der Waals surface area contributed by atoms with Crippen LogP contribution >= 0.6 is 11.6 Å². The summed E-state index contributed by atoms with van der Waals surface area (Å²) in [5.41, 5.74) is 0.529. The number of aromatic nitrogens is 2. The van der Waals surface area contributed by atoms with Crippen molar-refractivity contribution in [3.63, 3.8) is 0 Å². The van der Waals surface area contributed by atoms with Gasteiger partial charge in [-0.1, -0.05) is 18.5 Å². The predicted octanol–water partition coefficient (Wildman–Crippen LogP) is 3.81. The van der Waals surface area contributed by atoms with Crippen molar-refractivity contribution in [3.05, 3.63) is 58.5 Å². The predicted molar refractivity (Wildman–Crippen MR) is 109 cm³/mol. The lowest BCUT2D eigenvalue weighted by Gasteiger charge is -2.13. The minimum atomic E-state index is -3.66. The number of nitrogens with one attached hydrogen (secondary N) is 1. The van der Waals surface area contributed by atoms with Crippen LogP contribution in [-0.4, -0.2) is 37.0 Å². The Kier molecular flexibility index (Phi) is 5.99. The SMILES string of the molecule is CCCS(=O)(=O)Nc1ccc(F)c(C(=O)c2ccc3ncc(OC)nc3c2)c1Cl. The van der Waals surface area contributed by atoms with E-state index >= 15 is 0 Å². The van der Waals surface area contributed by atoms with Crippen molar-refractivity contribution in [1.29, 1.82) is 0 Å². The number of anilines is 1. The second kappa shape index (κ2) is 8.30. The molecule has 0 amide bonds. The second-order valence-electron chi connectivity index (χ2n) is 6.15. The van der Waals surface area contributed by atoms with Gasteiger partial charge in [-0.15, -0.1) is 0 Å². The molecule has 0 aliphatic rings. The first-order valence-corrected chi connectivity index (χ1v) is 10.6. The van der Waals surface area contributed by atoms with E-state index in [0.29, 0.717) is 17.5 Å². The largest absolute Gasteiger partial charge is 0.480 e. The standard InChI is InChI=1S/C19H17ClFN3O4S/c1-3-8-29(26,27)24-14-7-5-12(21)17(18(14)20)19(25)11-4-6-13-15(9-11)23-16(28-2)10-22-13/h4-7,9-10,24H,3,8H2,1-2H3. The Morgan fingerprint density at radius 3 is 2.69 bits per heavy atom. The minimum absolute atomic E-state index is 0.0629. The van der Waals surface area contributed by atoms with E-state index in [1.807, 2.05) is 0 Å². The van der Waals surface area contributed by atoms with Gasteiger partial charge in [0.25, 0.3) is 0 Å². The van der Waals surface area contributed by atoms with Crippen molar-refractivity contribution in [1.82, 2.24) is 9.97 Å². The zero-order chi connectivity index (χ0) is 21.2. The van der Waals surface area contributed by atoms with Gasteiger partial charge in [-0.3, -0.25) is 9.52 Å². The summed E-state index contributed by atoms with van der Waals surface area (Å²) in [4.78, 5) is 21.3. The van der Waals surface area contributed by atoms with Crippen LogP contribution in [0.4, 0.5) is 10.1 Å². The number of benzene rings is 2. The molecular weight excluding hydrogens is 421 g/mol. The Morgan fingerprint density at radius 1 is 1.24 bits per heavy atom. The van der Waals surface area contributed by atoms with E-state index in [9.17, 15) is 17.6 Å². The molecule has 0 aliphatic heterocycles. The number of halogens is 2. The van der Waals surface area contributed by atoms with Gasteiger partial charge >= 0.3 is 0 Å². The van der Waals surface area contributed by atoms with Gasteiger partial charge in [0, 0.05) is 5.56 Å². The maximum Gasteiger partial charge on any atom is 0.232 e. The molecule has 0 unspecified atom stereocenters. The molecule has 0 bridgehead atoms. The molecule has 152 valence electrons. The van der Waals surface area contributed by atoms with Crippen molar-refractivity contribution in [3.8, 4) is 5.88 Å². The molecule has 1 N–H and O–H groups in total. The number of nitrogens with zero attached hydrogens (tertiary/aromatic N) is 2. The molecule has 0 radical (unpaired) electrons. The number of fused-ring (bicyclic) bond motifs is 1. The second-order valence-corrected chi connectivity index (χ2v) is 8.37. The summed E-state index contributed by atoms with van der Waals surface area (Å²) in [6.45, 7) is 1.71. The molecule has 10 heteroatoms. The van der Waals surface area contributed by atoms with Crippen molar-refractivity contribution in [2.24, 2.45) is 0 Å². The average molecular weight is 438 g/mol. The number of carbonyl (C=O) groups excluding carboxylic acids is 1. The molecule has 29 heavy (non-hydrogen) atoms. The Labute approximate surface area is 171 Å². The lowest BCUT2D eigenvalue weighted by Crippen LogP contribution is -2.17. The Balaban J connectivity index is 2.04. The molecule has 1 heterocycles. The first-order valence-electron chi connectivity index (χ1n) is 8.59. The number of methoxy groups -OCH3 is 1. The fourth-order valence-corrected chi connectivity index (χ4v) is 4.19. The summed E-state index contributed by atoms with van der Waals surface area (Å²) >= 11 is 6.20. The summed E-state index contributed by atoms with van der Waals surface area (Å²) in [5.74, 6) is -1.45. The summed E-state index contributed by atoms with van der Waals surface area (Å²) in [5, 5.41) is -0.313. The number of sulfonamides is 1. The zero-order valence-electron chi connectivity index (χ0n) is 15.6. The highest BCUT2D eigenvalue weighted by atomic mass is 35.5. The number of ether oxygens (including phenoxy) is 1. The van der Waals surface area contributed by atoms with E-state index in [1.54, 1.807) is 13.0 Å². The summed E-state index contributed by atoms with van der Waals surface area (Å²) in [7, 11) is -2.23. The number of ketones is 1. The monoisotopic (exact) mass is 437 g/mol. The van der Waals surface area contributed by atoms with Gasteiger partial charge in [0.2, 0.25) is 15.9 Å². The van der Waals surface area contributed by atoms with Crippen LogP contribution in [0.15, 0.2) is 36.5 Å². The first-order chi connectivity index (χ1) is 13.8. The molecule has 0 fully saturated rings. The molecule has 7 nitrogen and oxygen atoms in total. The number of rotatable bonds is 7. The third-order valence-corrected chi connectivity index (χ3v) is 5.92. The topological polar surface area (TPSA) is 98.2 Å². The molecule has 3 aromatic rings. The van der Waals surface area contributed by atoms with Crippen LogP contribution in [0.3, 0.4) is 0 Å². The van der Waals surface area contributed by atoms with E-state index in [1.165, 1.54) is 31.5 Å². The highest BCUT2D eigenvalue weighted by molar-refractivity contribution is 7.92. The average Bonchev–Trinajstić information content (AvgIpc) is 2.69. The van der Waals surface area contributed by atoms with Crippen molar-refractivity contribution in [2.45, 2.75) is 13.3 Å². The Morgan fingerprint density at radius 2 is 2.00 bits per heavy atom. The lowest BCUT2D eigenvalue weighted by molar-refractivity contribution is 0.103. The molecule has 0 saturated heterocycles. The molecule has 3 rings (SSSR count). The fraction of sp³-hybridized carbons (Fsp3) is 0.211. The number of hydrogen-bond acceptors (Lipinski definition) is 6.